The Balaban J connectivity index is 1.49. The second-order valence-corrected chi connectivity index (χ2v) is 6.92. The number of carbonyl (C=O) groups excluding carboxylic acids is 1. The summed E-state index contributed by atoms with van der Waals surface area (Å²) < 4.78 is 5.17. The molecular weight excluding hydrogens is 388 g/mol. The molecular formula is C20H18N6O2S. The summed E-state index contributed by atoms with van der Waals surface area (Å²) in [5.41, 5.74) is 6.00. The van der Waals surface area contributed by atoms with E-state index in [1.807, 2.05) is 41.8 Å². The van der Waals surface area contributed by atoms with E-state index in [1.165, 1.54) is 18.3 Å². The van der Waals surface area contributed by atoms with Crippen molar-refractivity contribution < 1.29 is 9.53 Å². The van der Waals surface area contributed by atoms with E-state index in [9.17, 15) is 4.79 Å². The Morgan fingerprint density at radius 2 is 2.00 bits per heavy atom. The molecule has 2 N–H and O–H groups in total. The number of ether oxygens (including phenoxy) is 1. The number of aromatic amines is 1. The number of nitrogens with zero attached hydrogens (tertiary/aromatic N) is 4. The van der Waals surface area contributed by atoms with Gasteiger partial charge in [0.1, 0.15) is 5.75 Å². The van der Waals surface area contributed by atoms with Crippen LogP contribution >= 0.6 is 11.3 Å². The van der Waals surface area contributed by atoms with Gasteiger partial charge in [-0.05, 0) is 36.4 Å². The number of carbonyl (C=O) groups is 1. The Morgan fingerprint density at radius 3 is 2.72 bits per heavy atom. The van der Waals surface area contributed by atoms with Crippen LogP contribution in [0.25, 0.3) is 11.0 Å². The monoisotopic (exact) mass is 406 g/mol. The average Bonchev–Trinajstić information content (AvgIpc) is 3.35. The topological polar surface area (TPSA) is 95.5 Å². The number of para-hydroxylation sites is 2. The van der Waals surface area contributed by atoms with Gasteiger partial charge in [0.25, 0.3) is 0 Å². The molecule has 0 unspecified atom stereocenters. The molecule has 0 aliphatic rings. The smallest absolute Gasteiger partial charge is 0.230 e. The fourth-order valence-electron chi connectivity index (χ4n) is 2.76. The molecule has 29 heavy (non-hydrogen) atoms. The van der Waals surface area contributed by atoms with Crippen molar-refractivity contribution in [2.24, 2.45) is 5.10 Å². The summed E-state index contributed by atoms with van der Waals surface area (Å²) in [6, 6.07) is 15.0. The van der Waals surface area contributed by atoms with Crippen molar-refractivity contribution in [3.8, 4) is 5.75 Å². The Morgan fingerprint density at radius 1 is 1.21 bits per heavy atom. The number of benzene rings is 2. The fraction of sp³-hybridized carbons (Fsp3) is 0.100. The lowest BCUT2D eigenvalue weighted by Gasteiger charge is -2.18. The van der Waals surface area contributed by atoms with Crippen molar-refractivity contribution in [3.05, 3.63) is 59.6 Å². The summed E-state index contributed by atoms with van der Waals surface area (Å²) in [5.74, 6) is 1.13. The Hall–Kier alpha value is -3.72. The van der Waals surface area contributed by atoms with E-state index >= 15 is 0 Å². The van der Waals surface area contributed by atoms with Crippen molar-refractivity contribution in [1.29, 1.82) is 0 Å². The number of hydrogen-bond acceptors (Lipinski definition) is 7. The zero-order chi connectivity index (χ0) is 20.2. The minimum Gasteiger partial charge on any atom is -0.497 e. The van der Waals surface area contributed by atoms with Crippen LogP contribution in [0, 0.1) is 0 Å². The summed E-state index contributed by atoms with van der Waals surface area (Å²) in [4.78, 5) is 25.8. The molecule has 8 nitrogen and oxygen atoms in total. The molecule has 1 amide bonds. The Kier molecular flexibility index (Phi) is 5.21. The lowest BCUT2D eigenvalue weighted by Crippen LogP contribution is -2.22. The molecule has 0 atom stereocenters. The number of nitrogens with one attached hydrogen (secondary N) is 2. The van der Waals surface area contributed by atoms with Gasteiger partial charge in [-0.15, -0.1) is 11.3 Å². The van der Waals surface area contributed by atoms with Crippen molar-refractivity contribution in [2.45, 2.75) is 6.92 Å². The van der Waals surface area contributed by atoms with Crippen LogP contribution in [-0.4, -0.2) is 34.2 Å². The number of amides is 1. The summed E-state index contributed by atoms with van der Waals surface area (Å²) in [6.07, 6.45) is 1.58. The largest absolute Gasteiger partial charge is 0.497 e. The molecule has 0 bridgehead atoms. The van der Waals surface area contributed by atoms with E-state index in [4.69, 9.17) is 4.74 Å². The van der Waals surface area contributed by atoms with Gasteiger partial charge in [0.15, 0.2) is 5.13 Å². The molecule has 2 heterocycles. The standard InChI is InChI=1S/C20H18N6O2S/c1-13(27)26(15-7-9-16(28-2)10-8-15)20-22-14(12-29-20)11-21-25-19-23-17-5-3-4-6-18(17)24-19/h3-12H,1-2H3,(H2,23,24,25)/b21-11-. The first-order valence-corrected chi connectivity index (χ1v) is 9.66. The first-order chi connectivity index (χ1) is 14.1. The maximum absolute atomic E-state index is 12.2. The Bertz CT molecular complexity index is 1130. The molecule has 4 rings (SSSR count). The normalized spacial score (nSPS) is 11.1. The van der Waals surface area contributed by atoms with Gasteiger partial charge < -0.3 is 9.72 Å². The van der Waals surface area contributed by atoms with E-state index in [2.05, 4.69) is 25.5 Å². The van der Waals surface area contributed by atoms with Gasteiger partial charge in [-0.3, -0.25) is 9.69 Å². The SMILES string of the molecule is COc1ccc(N(C(C)=O)c2nc(/C=N\Nc3nc4ccccc4[nH]3)cs2)cc1. The quantitative estimate of drug-likeness (QED) is 0.370. The van der Waals surface area contributed by atoms with Gasteiger partial charge in [-0.2, -0.15) is 5.10 Å². The number of aromatic nitrogens is 3. The minimum atomic E-state index is -0.131. The van der Waals surface area contributed by atoms with Gasteiger partial charge in [-0.25, -0.2) is 15.4 Å². The third-order valence-electron chi connectivity index (χ3n) is 4.10. The highest BCUT2D eigenvalue weighted by Crippen LogP contribution is 2.29. The molecule has 0 aliphatic carbocycles. The van der Waals surface area contributed by atoms with Crippen LogP contribution in [0.4, 0.5) is 16.8 Å². The third kappa shape index (κ3) is 4.09. The maximum atomic E-state index is 12.2. The van der Waals surface area contributed by atoms with Crippen LogP contribution < -0.4 is 15.1 Å². The number of rotatable bonds is 6. The number of H-pyrrole nitrogens is 1. The van der Waals surface area contributed by atoms with Crippen molar-refractivity contribution in [2.75, 3.05) is 17.4 Å². The van der Waals surface area contributed by atoms with Crippen LogP contribution in [0.15, 0.2) is 59.0 Å². The summed E-state index contributed by atoms with van der Waals surface area (Å²) in [5, 5.41) is 6.57. The molecule has 146 valence electrons. The molecule has 0 fully saturated rings. The van der Waals surface area contributed by atoms with Crippen molar-refractivity contribution in [3.63, 3.8) is 0 Å². The van der Waals surface area contributed by atoms with Gasteiger partial charge in [-0.1, -0.05) is 12.1 Å². The first kappa shape index (κ1) is 18.6. The van der Waals surface area contributed by atoms with Gasteiger partial charge >= 0.3 is 0 Å². The lowest BCUT2D eigenvalue weighted by molar-refractivity contribution is -0.115. The maximum Gasteiger partial charge on any atom is 0.230 e. The van der Waals surface area contributed by atoms with E-state index in [-0.39, 0.29) is 5.91 Å². The highest BCUT2D eigenvalue weighted by atomic mass is 32.1. The highest BCUT2D eigenvalue weighted by Gasteiger charge is 2.17. The first-order valence-electron chi connectivity index (χ1n) is 8.78. The van der Waals surface area contributed by atoms with Crippen molar-refractivity contribution >= 4 is 51.3 Å². The van der Waals surface area contributed by atoms with E-state index in [0.717, 1.165) is 22.5 Å². The molecule has 4 aromatic rings. The summed E-state index contributed by atoms with van der Waals surface area (Å²) in [7, 11) is 1.60. The van der Waals surface area contributed by atoms with Gasteiger partial charge in [0.05, 0.1) is 35.7 Å². The van der Waals surface area contributed by atoms with Gasteiger partial charge in [0, 0.05) is 12.3 Å². The number of hydrogen-bond donors (Lipinski definition) is 2. The van der Waals surface area contributed by atoms with Crippen LogP contribution in [0.1, 0.15) is 12.6 Å². The highest BCUT2D eigenvalue weighted by molar-refractivity contribution is 7.14. The van der Waals surface area contributed by atoms with Crippen LogP contribution in [0.5, 0.6) is 5.75 Å². The molecule has 0 aliphatic heterocycles. The Labute approximate surface area is 170 Å². The summed E-state index contributed by atoms with van der Waals surface area (Å²) in [6.45, 7) is 1.50. The fourth-order valence-corrected chi connectivity index (χ4v) is 3.60. The predicted octanol–water partition coefficient (Wildman–Crippen LogP) is 4.16. The van der Waals surface area contributed by atoms with Crippen LogP contribution in [0.2, 0.25) is 0 Å². The molecule has 9 heteroatoms. The van der Waals surface area contributed by atoms with E-state index in [0.29, 0.717) is 16.8 Å². The molecule has 0 spiro atoms. The number of imidazole rings is 1. The number of hydrazone groups is 1. The average molecular weight is 406 g/mol. The molecule has 2 aromatic heterocycles. The zero-order valence-corrected chi connectivity index (χ0v) is 16.6. The van der Waals surface area contributed by atoms with Crippen molar-refractivity contribution in [1.82, 2.24) is 15.0 Å². The molecule has 2 aromatic carbocycles. The number of anilines is 3. The number of thiazole rings is 1. The number of fused-ring (bicyclic) bond motifs is 1. The van der Waals surface area contributed by atoms with Crippen LogP contribution in [-0.2, 0) is 4.79 Å². The number of methoxy groups -OCH3 is 1. The minimum absolute atomic E-state index is 0.131. The predicted molar refractivity (Wildman–Crippen MR) is 115 cm³/mol. The molecule has 0 saturated heterocycles. The second-order valence-electron chi connectivity index (χ2n) is 6.08. The molecule has 0 radical (unpaired) electrons. The summed E-state index contributed by atoms with van der Waals surface area (Å²) >= 11 is 1.36. The lowest BCUT2D eigenvalue weighted by atomic mass is 10.3. The van der Waals surface area contributed by atoms with E-state index < -0.39 is 0 Å². The second kappa shape index (κ2) is 8.11. The third-order valence-corrected chi connectivity index (χ3v) is 4.95. The van der Waals surface area contributed by atoms with Gasteiger partial charge in [0.2, 0.25) is 11.9 Å². The van der Waals surface area contributed by atoms with Crippen LogP contribution in [0.3, 0.4) is 0 Å². The molecule has 0 saturated carbocycles. The zero-order valence-electron chi connectivity index (χ0n) is 15.8. The van der Waals surface area contributed by atoms with E-state index in [1.54, 1.807) is 30.4 Å².